The van der Waals surface area contributed by atoms with Gasteiger partial charge in [-0.3, -0.25) is 0 Å². The van der Waals surface area contributed by atoms with E-state index in [4.69, 9.17) is 0 Å². The van der Waals surface area contributed by atoms with E-state index in [0.717, 1.165) is 25.7 Å². The van der Waals surface area contributed by atoms with E-state index < -0.39 is 0 Å². The fourth-order valence-electron chi connectivity index (χ4n) is 13.5. The van der Waals surface area contributed by atoms with Gasteiger partial charge in [0.15, 0.2) is 0 Å². The van der Waals surface area contributed by atoms with Gasteiger partial charge in [0, 0.05) is 45.0 Å². The molecule has 0 radical (unpaired) electrons. The summed E-state index contributed by atoms with van der Waals surface area (Å²) in [5, 5.41) is 5.29. The summed E-state index contributed by atoms with van der Waals surface area (Å²) in [5.41, 5.74) is 23.8. The zero-order chi connectivity index (χ0) is 52.7. The second-order valence-corrected chi connectivity index (χ2v) is 27.4. The Balaban J connectivity index is 1.15. The maximum absolute atomic E-state index is 2.54. The predicted octanol–water partition coefficient (Wildman–Crippen LogP) is 20.9. The van der Waals surface area contributed by atoms with E-state index in [1.807, 2.05) is 0 Å². The molecular formula is C72H80N2. The van der Waals surface area contributed by atoms with Crippen LogP contribution >= 0.6 is 0 Å². The molecule has 378 valence electrons. The molecule has 7 aromatic carbocycles. The Morgan fingerprint density at radius 1 is 0.351 bits per heavy atom. The van der Waals surface area contributed by atoms with Gasteiger partial charge in [-0.1, -0.05) is 195 Å². The van der Waals surface area contributed by atoms with Crippen LogP contribution in [0.4, 0.5) is 34.1 Å². The third kappa shape index (κ3) is 8.13. The van der Waals surface area contributed by atoms with Crippen molar-refractivity contribution in [2.75, 3.05) is 9.80 Å². The molecule has 0 fully saturated rings. The average Bonchev–Trinajstić information content (AvgIpc) is 3.71. The smallest absolute Gasteiger partial charge is 0.0468 e. The summed E-state index contributed by atoms with van der Waals surface area (Å²) in [4.78, 5) is 5.06. The number of rotatable bonds is 6. The van der Waals surface area contributed by atoms with Crippen LogP contribution in [0.2, 0.25) is 0 Å². The lowest BCUT2D eigenvalue weighted by molar-refractivity contribution is 0.590. The van der Waals surface area contributed by atoms with Crippen LogP contribution in [0.3, 0.4) is 0 Å². The summed E-state index contributed by atoms with van der Waals surface area (Å²) in [7, 11) is 0. The van der Waals surface area contributed by atoms with Crippen LogP contribution in [-0.2, 0) is 32.5 Å². The third-order valence-corrected chi connectivity index (χ3v) is 17.4. The maximum atomic E-state index is 2.54. The molecule has 0 saturated heterocycles. The van der Waals surface area contributed by atoms with Gasteiger partial charge in [-0.05, 0) is 197 Å². The summed E-state index contributed by atoms with van der Waals surface area (Å²) in [5.74, 6) is 0. The third-order valence-electron chi connectivity index (χ3n) is 17.4. The predicted molar refractivity (Wildman–Crippen MR) is 322 cm³/mol. The summed E-state index contributed by atoms with van der Waals surface area (Å²) >= 11 is 0. The molecule has 74 heavy (non-hydrogen) atoms. The van der Waals surface area contributed by atoms with Crippen molar-refractivity contribution in [1.29, 1.82) is 0 Å². The second-order valence-electron chi connectivity index (χ2n) is 27.4. The van der Waals surface area contributed by atoms with E-state index in [2.05, 4.69) is 266 Å². The summed E-state index contributed by atoms with van der Waals surface area (Å²) in [6.07, 6.45) is 13.9. The lowest BCUT2D eigenvalue weighted by Crippen LogP contribution is -2.20. The van der Waals surface area contributed by atoms with Gasteiger partial charge >= 0.3 is 0 Å². The molecule has 2 heteroatoms. The minimum absolute atomic E-state index is 0.0413. The van der Waals surface area contributed by atoms with Crippen molar-refractivity contribution in [1.82, 2.24) is 0 Å². The van der Waals surface area contributed by atoms with Crippen LogP contribution in [0.5, 0.6) is 0 Å². The molecule has 0 saturated carbocycles. The van der Waals surface area contributed by atoms with Crippen LogP contribution < -0.4 is 9.80 Å². The van der Waals surface area contributed by atoms with Gasteiger partial charge in [-0.2, -0.15) is 0 Å². The van der Waals surface area contributed by atoms with Crippen LogP contribution in [0.1, 0.15) is 181 Å². The van der Waals surface area contributed by atoms with E-state index in [0.29, 0.717) is 0 Å². The zero-order valence-corrected chi connectivity index (χ0v) is 47.6. The molecule has 0 aliphatic heterocycles. The van der Waals surface area contributed by atoms with Gasteiger partial charge in [-0.15, -0.1) is 0 Å². The summed E-state index contributed by atoms with van der Waals surface area (Å²) < 4.78 is 0. The van der Waals surface area contributed by atoms with Gasteiger partial charge in [-0.25, -0.2) is 0 Å². The molecule has 0 unspecified atom stereocenters. The molecule has 0 aromatic heterocycles. The van der Waals surface area contributed by atoms with E-state index in [1.165, 1.54) is 111 Å². The molecule has 4 aliphatic carbocycles. The van der Waals surface area contributed by atoms with Crippen molar-refractivity contribution in [3.63, 3.8) is 0 Å². The van der Waals surface area contributed by atoms with Crippen molar-refractivity contribution in [3.8, 4) is 0 Å². The highest BCUT2D eigenvalue weighted by Crippen LogP contribution is 2.55. The number of hydrogen-bond acceptors (Lipinski definition) is 2. The first-order valence-electron chi connectivity index (χ1n) is 27.7. The van der Waals surface area contributed by atoms with Gasteiger partial charge < -0.3 is 9.80 Å². The number of benzene rings is 7. The lowest BCUT2D eigenvalue weighted by Gasteiger charge is -2.33. The highest BCUT2D eigenvalue weighted by atomic mass is 15.1. The Kier molecular flexibility index (Phi) is 11.5. The molecule has 11 rings (SSSR count). The molecule has 4 aliphatic rings. The molecule has 0 atom stereocenters. The molecule has 0 N–H and O–H groups in total. The van der Waals surface area contributed by atoms with E-state index >= 15 is 0 Å². The van der Waals surface area contributed by atoms with Crippen LogP contribution in [0.15, 0.2) is 157 Å². The van der Waals surface area contributed by atoms with Crippen LogP contribution in [-0.4, -0.2) is 0 Å². The first kappa shape index (κ1) is 49.8. The minimum Gasteiger partial charge on any atom is -0.310 e. The Hall–Kier alpha value is -6.38. The fourth-order valence-corrected chi connectivity index (χ4v) is 13.5. The van der Waals surface area contributed by atoms with Crippen molar-refractivity contribution in [2.24, 2.45) is 0 Å². The Bertz CT molecular complexity index is 3330. The van der Waals surface area contributed by atoms with Crippen molar-refractivity contribution in [2.45, 2.75) is 169 Å². The van der Waals surface area contributed by atoms with Gasteiger partial charge in [0.1, 0.15) is 0 Å². The molecular weight excluding hydrogens is 893 g/mol. The highest BCUT2D eigenvalue weighted by molar-refractivity contribution is 6.10. The molecule has 0 bridgehead atoms. The van der Waals surface area contributed by atoms with E-state index in [9.17, 15) is 0 Å². The molecule has 0 heterocycles. The lowest BCUT2D eigenvalue weighted by atomic mass is 9.74. The molecule has 2 nitrogen and oxygen atoms in total. The quantitative estimate of drug-likeness (QED) is 0.153. The van der Waals surface area contributed by atoms with Crippen molar-refractivity contribution in [3.05, 3.63) is 201 Å². The molecule has 7 aromatic rings. The zero-order valence-electron chi connectivity index (χ0n) is 47.6. The molecule has 0 amide bonds. The second kappa shape index (κ2) is 17.1. The average molecular weight is 973 g/mol. The van der Waals surface area contributed by atoms with E-state index in [1.54, 1.807) is 11.1 Å². The number of fused-ring (bicyclic) bond motifs is 6. The first-order valence-corrected chi connectivity index (χ1v) is 27.7. The first-order chi connectivity index (χ1) is 34.7. The maximum Gasteiger partial charge on any atom is 0.0468 e. The number of anilines is 6. The molecule has 0 spiro atoms. The Morgan fingerprint density at radius 3 is 1.03 bits per heavy atom. The SMILES string of the molecule is CC(C)(C)c1ccc(N(c2ccc3c(c2)C(C)(C)C2=C3C=CCC2)c2ccc3c(C(C)(C)C)c4ccc(N(c5ccc(C(C)(C)C)cc5)c5ccc6c(c5)C(C)(C)C5=C6C=CCC5)cc4c(C(C)(C)C)c3c2)cc1. The minimum atomic E-state index is -0.200. The monoisotopic (exact) mass is 973 g/mol. The number of hydrogen-bond donors (Lipinski definition) is 0. The Labute approximate surface area is 444 Å². The highest BCUT2D eigenvalue weighted by Gasteiger charge is 2.40. The van der Waals surface area contributed by atoms with Gasteiger partial charge in [0.25, 0.3) is 0 Å². The largest absolute Gasteiger partial charge is 0.310 e. The standard InChI is InChI=1S/C72H80N2/c1-67(2,3)45-25-29-47(30-26-45)73(51-33-37-55-53-21-17-19-23-61(53)71(13,14)63(55)43-51)49-35-39-57-59(41-49)66(70(10,11)12)60-42-50(36-40-58(60)65(57)69(7,8)9)74(48-31-27-46(28-32-48)68(4,5)6)52-34-38-56-54-22-18-20-24-62(54)72(15,16)64(56)44-52/h17-18,21-22,25-44H,19-20,23-24H2,1-16H3. The van der Waals surface area contributed by atoms with Gasteiger partial charge in [0.2, 0.25) is 0 Å². The summed E-state index contributed by atoms with van der Waals surface area (Å²) in [6, 6.07) is 48.1. The topological polar surface area (TPSA) is 6.48 Å². The van der Waals surface area contributed by atoms with Gasteiger partial charge in [0.05, 0.1) is 0 Å². The summed E-state index contributed by atoms with van der Waals surface area (Å²) in [6.45, 7) is 38.0. The number of nitrogens with zero attached hydrogens (tertiary/aromatic N) is 2. The van der Waals surface area contributed by atoms with Crippen molar-refractivity contribution < 1.29 is 0 Å². The Morgan fingerprint density at radius 2 is 0.676 bits per heavy atom. The number of allylic oxidation sites excluding steroid dienone is 8. The fraction of sp³-hybridized carbons (Fsp3) is 0.361. The van der Waals surface area contributed by atoms with Crippen molar-refractivity contribution >= 4 is 66.8 Å². The van der Waals surface area contributed by atoms with Crippen LogP contribution in [0, 0.1) is 0 Å². The van der Waals surface area contributed by atoms with Crippen LogP contribution in [0.25, 0.3) is 32.7 Å². The van der Waals surface area contributed by atoms with E-state index in [-0.39, 0.29) is 32.5 Å². The normalized spacial score (nSPS) is 17.0.